The highest BCUT2D eigenvalue weighted by Gasteiger charge is 2.40. The molecule has 6 aliphatic heterocycles. The summed E-state index contributed by atoms with van der Waals surface area (Å²) in [5.74, 6) is -0.445. The number of ether oxygens (including phenoxy) is 7. The Kier molecular flexibility index (Phi) is 18.1. The van der Waals surface area contributed by atoms with Crippen molar-refractivity contribution in [3.63, 3.8) is 0 Å². The van der Waals surface area contributed by atoms with Gasteiger partial charge in [0, 0.05) is 99.9 Å². The Labute approximate surface area is 403 Å². The van der Waals surface area contributed by atoms with Crippen LogP contribution in [0.15, 0.2) is 36.4 Å². The van der Waals surface area contributed by atoms with Crippen molar-refractivity contribution in [1.29, 1.82) is 0 Å². The van der Waals surface area contributed by atoms with Crippen LogP contribution in [0.25, 0.3) is 0 Å². The summed E-state index contributed by atoms with van der Waals surface area (Å²) in [6, 6.07) is 10.7. The molecule has 2 aromatic rings. The zero-order chi connectivity index (χ0) is 48.9. The summed E-state index contributed by atoms with van der Waals surface area (Å²) in [5, 5.41) is 8.09. The third-order valence-electron chi connectivity index (χ3n) is 13.0. The van der Waals surface area contributed by atoms with Crippen LogP contribution < -0.4 is 34.9 Å². The van der Waals surface area contributed by atoms with Crippen molar-refractivity contribution in [2.24, 2.45) is 11.8 Å². The normalized spacial score (nSPS) is 25.9. The van der Waals surface area contributed by atoms with Crippen LogP contribution in [0.1, 0.15) is 131 Å². The van der Waals surface area contributed by atoms with Gasteiger partial charge in [0.05, 0.1) is 26.4 Å². The number of hydrogen-bond donors (Lipinski definition) is 3. The van der Waals surface area contributed by atoms with Gasteiger partial charge in [0.2, 0.25) is 23.6 Å². The molecule has 6 heterocycles. The standard InChI is InChI=1S/C28H38N2O8.C23H30N2O6/c1-28(2,3)38-27(34)30-10-13-35-11-4-5-12-36-24-15-18(6-8-23(24)37-21-16-20(30)17-21)22(31)14-19-7-9-25(32)29-26(19)33;26-19(11-16-4-6-22(27)25-23(16)28)15-3-5-20-21(12-15)30-9-2-1-8-29-10-7-24-17-13-18(14-17)31-20/h6,8,15,19-21H,4-5,7,9-14,16-17H2,1-3H3,(H,29,32,33);3,5,12,16-18,24H,1-2,4,6-11,13-14H2,(H,25,27,28). The Hall–Kier alpha value is -5.59. The van der Waals surface area contributed by atoms with Crippen molar-refractivity contribution >= 4 is 41.3 Å². The first-order chi connectivity index (χ1) is 33.2. The Morgan fingerprint density at radius 2 is 1.13 bits per heavy atom. The molecule has 5 amide bonds. The quantitative estimate of drug-likeness (QED) is 0.235. The highest BCUT2D eigenvalue weighted by atomic mass is 16.6. The van der Waals surface area contributed by atoms with Gasteiger partial charge in [0.25, 0.3) is 0 Å². The Bertz CT molecular complexity index is 2160. The monoisotopic (exact) mass is 960 g/mol. The smallest absolute Gasteiger partial charge is 0.410 e. The number of hydrogen-bond acceptors (Lipinski definition) is 15. The van der Waals surface area contributed by atoms with E-state index < -0.39 is 23.3 Å². The summed E-state index contributed by atoms with van der Waals surface area (Å²) >= 11 is 0. The molecule has 4 bridgehead atoms. The summed E-state index contributed by atoms with van der Waals surface area (Å²) in [4.78, 5) is 87.2. The third-order valence-corrected chi connectivity index (χ3v) is 13.0. The number of Topliss-reactive ketones (excluding diaryl/α,β-unsaturated/α-hetero) is 2. The lowest BCUT2D eigenvalue weighted by Gasteiger charge is -2.42. The minimum Gasteiger partial charge on any atom is -0.490 e. The number of benzene rings is 2. The molecule has 0 spiro atoms. The van der Waals surface area contributed by atoms with Gasteiger partial charge in [-0.15, -0.1) is 0 Å². The van der Waals surface area contributed by atoms with Crippen molar-refractivity contribution in [3.8, 4) is 23.0 Å². The molecule has 2 saturated heterocycles. The van der Waals surface area contributed by atoms with Crippen LogP contribution in [0.5, 0.6) is 23.0 Å². The Balaban J connectivity index is 0.000000208. The molecule has 2 saturated carbocycles. The van der Waals surface area contributed by atoms with Gasteiger partial charge in [-0.05, 0) is 109 Å². The minimum absolute atomic E-state index is 0.0117. The van der Waals surface area contributed by atoms with Gasteiger partial charge in [0.15, 0.2) is 34.6 Å². The zero-order valence-electron chi connectivity index (χ0n) is 40.1. The molecule has 8 aliphatic rings. The van der Waals surface area contributed by atoms with Crippen molar-refractivity contribution in [2.45, 2.75) is 141 Å². The summed E-state index contributed by atoms with van der Waals surface area (Å²) in [6.07, 6.45) is 7.46. The molecule has 2 aromatic carbocycles. The van der Waals surface area contributed by atoms with Crippen LogP contribution in [0, 0.1) is 11.8 Å². The topological polar surface area (TPSA) is 223 Å². The molecule has 3 N–H and O–H groups in total. The lowest BCUT2D eigenvalue weighted by molar-refractivity contribution is -0.137. The number of nitrogens with one attached hydrogen (secondary N) is 3. The SMILES string of the molecule is CC(C)(C)OC(=O)N1CCOCCCCOc2cc(C(=O)CC3CCC(=O)NC3=O)ccc2OC2CC1C2.O=C1CCC(CC(=O)c2ccc3c(c2)OCCCCOCCNC2CC(C2)O3)C(=O)N1. The summed E-state index contributed by atoms with van der Waals surface area (Å²) in [5.41, 5.74) is 0.334. The number of nitrogens with zero attached hydrogens (tertiary/aromatic N) is 1. The van der Waals surface area contributed by atoms with E-state index >= 15 is 0 Å². The minimum atomic E-state index is -0.585. The molecule has 69 heavy (non-hydrogen) atoms. The maximum Gasteiger partial charge on any atom is 0.410 e. The average Bonchev–Trinajstić information content (AvgIpc) is 3.29. The van der Waals surface area contributed by atoms with Crippen molar-refractivity contribution < 1.29 is 66.7 Å². The molecule has 4 fully saturated rings. The average molecular weight is 961 g/mol. The van der Waals surface area contributed by atoms with Crippen LogP contribution >= 0.6 is 0 Å². The van der Waals surface area contributed by atoms with E-state index in [1.165, 1.54) is 0 Å². The zero-order valence-corrected chi connectivity index (χ0v) is 40.1. The van der Waals surface area contributed by atoms with Crippen LogP contribution in [0.4, 0.5) is 4.79 Å². The predicted molar refractivity (Wildman–Crippen MR) is 249 cm³/mol. The Morgan fingerprint density at radius 1 is 0.638 bits per heavy atom. The van der Waals surface area contributed by atoms with E-state index in [0.717, 1.165) is 45.1 Å². The van der Waals surface area contributed by atoms with Gasteiger partial charge < -0.3 is 43.4 Å². The van der Waals surface area contributed by atoms with Crippen molar-refractivity contribution in [1.82, 2.24) is 20.9 Å². The first-order valence-electron chi connectivity index (χ1n) is 24.7. The molecular weight excluding hydrogens is 893 g/mol. The molecule has 2 atom stereocenters. The van der Waals surface area contributed by atoms with Gasteiger partial charge in [0.1, 0.15) is 17.8 Å². The van der Waals surface area contributed by atoms with Gasteiger partial charge in [-0.3, -0.25) is 39.4 Å². The first-order valence-corrected chi connectivity index (χ1v) is 24.7. The lowest BCUT2D eigenvalue weighted by atomic mass is 9.87. The first kappa shape index (κ1) is 51.3. The number of fused-ring (bicyclic) bond motifs is 16. The van der Waals surface area contributed by atoms with Crippen molar-refractivity contribution in [2.75, 3.05) is 52.7 Å². The number of rotatable bonds is 6. The van der Waals surface area contributed by atoms with E-state index in [1.807, 2.05) is 20.8 Å². The largest absolute Gasteiger partial charge is 0.490 e. The molecular formula is C51H68N4O14. The van der Waals surface area contributed by atoms with E-state index in [9.17, 15) is 33.6 Å². The predicted octanol–water partition coefficient (Wildman–Crippen LogP) is 5.65. The second kappa shape index (κ2) is 24.3. The third kappa shape index (κ3) is 15.2. The second-order valence-corrected chi connectivity index (χ2v) is 19.6. The second-order valence-electron chi connectivity index (χ2n) is 19.6. The molecule has 2 aliphatic carbocycles. The van der Waals surface area contributed by atoms with E-state index in [1.54, 1.807) is 41.3 Å². The molecule has 18 nitrogen and oxygen atoms in total. The number of carbonyl (C=O) groups is 7. The number of piperidine rings is 2. The van der Waals surface area contributed by atoms with E-state index in [4.69, 9.17) is 33.2 Å². The fourth-order valence-corrected chi connectivity index (χ4v) is 8.83. The molecule has 376 valence electrons. The number of imide groups is 2. The molecule has 0 radical (unpaired) electrons. The fraction of sp³-hybridized carbons (Fsp3) is 0.627. The van der Waals surface area contributed by atoms with E-state index in [0.29, 0.717) is 112 Å². The van der Waals surface area contributed by atoms with Crippen molar-refractivity contribution in [3.05, 3.63) is 47.5 Å². The highest BCUT2D eigenvalue weighted by Crippen LogP contribution is 2.38. The van der Waals surface area contributed by atoms with Gasteiger partial charge >= 0.3 is 6.09 Å². The lowest BCUT2D eigenvalue weighted by Crippen LogP contribution is -2.53. The van der Waals surface area contributed by atoms with Gasteiger partial charge in [-0.25, -0.2) is 4.79 Å². The highest BCUT2D eigenvalue weighted by molar-refractivity contribution is 6.04. The van der Waals surface area contributed by atoms with Gasteiger partial charge in [-0.1, -0.05) is 0 Å². The fourth-order valence-electron chi connectivity index (χ4n) is 8.83. The van der Waals surface area contributed by atoms with Gasteiger partial charge in [-0.2, -0.15) is 0 Å². The van der Waals surface area contributed by atoms with Crippen LogP contribution in [-0.4, -0.2) is 129 Å². The van der Waals surface area contributed by atoms with Crippen LogP contribution in [0.3, 0.4) is 0 Å². The number of ketones is 2. The van der Waals surface area contributed by atoms with Crippen LogP contribution in [-0.2, 0) is 33.4 Å². The Morgan fingerprint density at radius 3 is 1.64 bits per heavy atom. The molecule has 0 aromatic heterocycles. The number of carbonyl (C=O) groups excluding carboxylic acids is 7. The molecule has 18 heteroatoms. The summed E-state index contributed by atoms with van der Waals surface area (Å²) in [7, 11) is 0. The van der Waals surface area contributed by atoms with Crippen LogP contribution in [0.2, 0.25) is 0 Å². The summed E-state index contributed by atoms with van der Waals surface area (Å²) < 4.78 is 41.4. The van der Waals surface area contributed by atoms with E-state index in [2.05, 4.69) is 16.0 Å². The van der Waals surface area contributed by atoms with E-state index in [-0.39, 0.29) is 79.3 Å². The maximum atomic E-state index is 13.0. The molecule has 2 unspecified atom stereocenters. The summed E-state index contributed by atoms with van der Waals surface area (Å²) in [6.45, 7) is 10.2. The number of amides is 5. The molecule has 10 rings (SSSR count). The maximum absolute atomic E-state index is 13.0.